The van der Waals surface area contributed by atoms with E-state index in [-0.39, 0.29) is 0 Å². The smallest absolute Gasteiger partial charge is 0.00625 e. The van der Waals surface area contributed by atoms with Crippen LogP contribution in [0, 0.1) is 0 Å². The molecule has 0 rings (SSSR count). The second-order valence-electron chi connectivity index (χ2n) is 3.15. The molecule has 0 aromatic heterocycles. The fraction of sp³-hybridized carbons (Fsp3) is 1.00. The fourth-order valence-electron chi connectivity index (χ4n) is 1.09. The lowest BCUT2D eigenvalue weighted by Crippen LogP contribution is -1.91. The van der Waals surface area contributed by atoms with Crippen molar-refractivity contribution in [3.05, 3.63) is 0 Å². The summed E-state index contributed by atoms with van der Waals surface area (Å²) in [6.45, 7) is 4.50. The molecule has 0 spiro atoms. The number of unbranched alkanes of at least 4 members (excludes halogenated alkanes) is 2. The van der Waals surface area contributed by atoms with E-state index in [1.165, 1.54) is 38.0 Å². The third-order valence-corrected chi connectivity index (χ3v) is 10.2. The van der Waals surface area contributed by atoms with Gasteiger partial charge in [-0.1, -0.05) is 38.5 Å². The summed E-state index contributed by atoms with van der Waals surface area (Å²) in [5, 5.41) is -0.983. The molecule has 3 heteroatoms. The van der Waals surface area contributed by atoms with E-state index in [1.807, 2.05) is 11.4 Å². The minimum atomic E-state index is -0.983. The minimum absolute atomic E-state index is 0.983. The molecule has 0 N–H and O–H groups in total. The molecule has 0 saturated carbocycles. The molecule has 0 unspecified atom stereocenters. The van der Waals surface area contributed by atoms with Crippen molar-refractivity contribution in [2.45, 2.75) is 39.5 Å². The van der Waals surface area contributed by atoms with E-state index in [9.17, 15) is 0 Å². The van der Waals surface area contributed by atoms with E-state index in [4.69, 9.17) is 11.8 Å². The van der Waals surface area contributed by atoms with Crippen LogP contribution in [0.1, 0.15) is 39.5 Å². The van der Waals surface area contributed by atoms with Crippen molar-refractivity contribution in [1.29, 1.82) is 0 Å². The summed E-state index contributed by atoms with van der Waals surface area (Å²) >= 11 is 7.69. The predicted molar refractivity (Wildman–Crippen MR) is 67.4 cm³/mol. The van der Waals surface area contributed by atoms with Crippen LogP contribution >= 0.6 is 16.6 Å². The molecule has 0 bridgehead atoms. The maximum Gasteiger partial charge on any atom is 0.00625 e. The van der Waals surface area contributed by atoms with Gasteiger partial charge >= 0.3 is 0 Å². The Labute approximate surface area is 86.7 Å². The monoisotopic (exact) mass is 224 g/mol. The molecule has 0 radical (unpaired) electrons. The van der Waals surface area contributed by atoms with Gasteiger partial charge in [0.2, 0.25) is 0 Å². The first-order valence-corrected chi connectivity index (χ1v) is 9.82. The van der Waals surface area contributed by atoms with Crippen LogP contribution in [0.25, 0.3) is 0 Å². The summed E-state index contributed by atoms with van der Waals surface area (Å²) < 4.78 is 0. The highest BCUT2D eigenvalue weighted by atomic mass is 32.9. The summed E-state index contributed by atoms with van der Waals surface area (Å²) in [6.07, 6.45) is 10.1. The van der Waals surface area contributed by atoms with Gasteiger partial charge in [0.05, 0.1) is 0 Å². The average molecular weight is 224 g/mol. The highest BCUT2D eigenvalue weighted by Crippen LogP contribution is 2.58. The Morgan fingerprint density at radius 2 is 1.50 bits per heavy atom. The average Bonchev–Trinajstić information content (AvgIpc) is 2.11. The van der Waals surface area contributed by atoms with Crippen molar-refractivity contribution >= 4 is 28.4 Å². The minimum Gasteiger partial charge on any atom is -0.127 e. The number of hydrogen-bond acceptors (Lipinski definition) is 2. The van der Waals surface area contributed by atoms with Crippen molar-refractivity contribution < 1.29 is 0 Å². The molecule has 0 fully saturated rings. The van der Waals surface area contributed by atoms with Crippen molar-refractivity contribution in [3.63, 3.8) is 0 Å². The van der Waals surface area contributed by atoms with Gasteiger partial charge in [-0.3, -0.25) is 0 Å². The molecule has 0 atom stereocenters. The number of hydrogen-bond donors (Lipinski definition) is 0. The van der Waals surface area contributed by atoms with E-state index >= 15 is 0 Å². The predicted octanol–water partition coefficient (Wildman–Crippen LogP) is 4.34. The maximum absolute atomic E-state index is 5.71. The number of rotatable bonds is 7. The summed E-state index contributed by atoms with van der Waals surface area (Å²) in [4.78, 5) is 0. The second-order valence-corrected chi connectivity index (χ2v) is 12.0. The van der Waals surface area contributed by atoms with Crippen LogP contribution in [0.2, 0.25) is 0 Å². The van der Waals surface area contributed by atoms with Crippen LogP contribution in [-0.2, 0) is 11.8 Å². The third kappa shape index (κ3) is 5.61. The lowest BCUT2D eigenvalue weighted by atomic mass is 10.4. The van der Waals surface area contributed by atoms with Gasteiger partial charge in [0.1, 0.15) is 0 Å². The van der Waals surface area contributed by atoms with Crippen molar-refractivity contribution in [2.24, 2.45) is 0 Å². The first kappa shape index (κ1) is 13.0. The first-order valence-electron chi connectivity index (χ1n) is 4.82. The summed E-state index contributed by atoms with van der Waals surface area (Å²) in [5.74, 6) is 0. The fourth-order valence-corrected chi connectivity index (χ4v) is 5.92. The molecule has 0 aliphatic heterocycles. The Kier molecular flexibility index (Phi) is 8.03. The molecule has 0 nitrogen and oxygen atoms in total. The summed E-state index contributed by atoms with van der Waals surface area (Å²) in [7, 11) is 0. The molecule has 0 saturated heterocycles. The largest absolute Gasteiger partial charge is 0.127 e. The van der Waals surface area contributed by atoms with Crippen molar-refractivity contribution in [3.8, 4) is 0 Å². The molecule has 0 heterocycles. The van der Waals surface area contributed by atoms with E-state index in [2.05, 4.69) is 20.1 Å². The molecular formula is C9H21PS2. The third-order valence-electron chi connectivity index (χ3n) is 2.04. The van der Waals surface area contributed by atoms with Gasteiger partial charge in [-0.25, -0.2) is 0 Å². The highest BCUT2D eigenvalue weighted by molar-refractivity contribution is 8.70. The topological polar surface area (TPSA) is 0 Å². The lowest BCUT2D eigenvalue weighted by molar-refractivity contribution is 0.872. The van der Waals surface area contributed by atoms with Gasteiger partial charge in [-0.2, -0.15) is 0 Å². The zero-order valence-corrected chi connectivity index (χ0v) is 11.0. The Bertz CT molecular complexity index is 133. The van der Waals surface area contributed by atoms with Crippen LogP contribution in [-0.4, -0.2) is 18.6 Å². The maximum atomic E-state index is 5.71. The van der Waals surface area contributed by atoms with Crippen LogP contribution in [0.15, 0.2) is 0 Å². The molecule has 0 aliphatic rings. The van der Waals surface area contributed by atoms with Gasteiger partial charge in [0.15, 0.2) is 0 Å². The molecule has 0 amide bonds. The molecule has 0 aromatic carbocycles. The molecule has 74 valence electrons. The zero-order chi connectivity index (χ0) is 9.45. The van der Waals surface area contributed by atoms with Crippen molar-refractivity contribution in [1.82, 2.24) is 0 Å². The van der Waals surface area contributed by atoms with E-state index in [1.54, 1.807) is 0 Å². The van der Waals surface area contributed by atoms with Gasteiger partial charge in [-0.15, -0.1) is 11.4 Å². The molecule has 12 heavy (non-hydrogen) atoms. The van der Waals surface area contributed by atoms with Crippen LogP contribution in [0.3, 0.4) is 0 Å². The Morgan fingerprint density at radius 3 is 1.75 bits per heavy atom. The summed E-state index contributed by atoms with van der Waals surface area (Å²) in [6, 6.07) is 0. The molecular weight excluding hydrogens is 203 g/mol. The van der Waals surface area contributed by atoms with E-state index in [0.717, 1.165) is 0 Å². The van der Waals surface area contributed by atoms with Gasteiger partial charge in [-0.05, 0) is 31.4 Å². The highest BCUT2D eigenvalue weighted by Gasteiger charge is 2.13. The van der Waals surface area contributed by atoms with Gasteiger partial charge < -0.3 is 0 Å². The quantitative estimate of drug-likeness (QED) is 0.590. The second kappa shape index (κ2) is 7.41. The van der Waals surface area contributed by atoms with E-state index in [0.29, 0.717) is 0 Å². The SMILES string of the molecule is CCCCP(=S)(CCCC)SC. The standard InChI is InChI=1S/C9H21PS2/c1-4-6-8-10(11,12-3)9-7-5-2/h4-9H2,1-3H3. The Morgan fingerprint density at radius 1 is 1.08 bits per heavy atom. The van der Waals surface area contributed by atoms with Crippen molar-refractivity contribution in [2.75, 3.05) is 18.6 Å². The van der Waals surface area contributed by atoms with E-state index < -0.39 is 5.24 Å². The Hall–Kier alpha value is 1.00. The lowest BCUT2D eigenvalue weighted by Gasteiger charge is -2.18. The zero-order valence-electron chi connectivity index (χ0n) is 8.51. The van der Waals surface area contributed by atoms with Crippen LogP contribution in [0.4, 0.5) is 0 Å². The first-order chi connectivity index (χ1) is 5.68. The molecule has 0 aromatic rings. The molecule has 0 aliphatic carbocycles. The summed E-state index contributed by atoms with van der Waals surface area (Å²) in [5.41, 5.74) is 0. The normalized spacial score (nSPS) is 11.9. The Balaban J connectivity index is 3.79. The van der Waals surface area contributed by atoms with Gasteiger partial charge in [0.25, 0.3) is 0 Å². The van der Waals surface area contributed by atoms with Crippen LogP contribution in [0.5, 0.6) is 0 Å². The van der Waals surface area contributed by atoms with Gasteiger partial charge in [0, 0.05) is 5.24 Å². The van der Waals surface area contributed by atoms with Crippen LogP contribution < -0.4 is 0 Å².